The van der Waals surface area contributed by atoms with Crippen LogP contribution in [0.1, 0.15) is 24.8 Å². The molecule has 0 saturated heterocycles. The van der Waals surface area contributed by atoms with Gasteiger partial charge in [0.1, 0.15) is 0 Å². The first-order valence-electron chi connectivity index (χ1n) is 7.60. The van der Waals surface area contributed by atoms with E-state index in [1.807, 2.05) is 29.1 Å². The number of hydrogen-bond donors (Lipinski definition) is 1. The molecule has 112 valence electrons. The molecule has 4 heteroatoms. The van der Waals surface area contributed by atoms with Crippen molar-refractivity contribution in [2.75, 3.05) is 20.3 Å². The molecule has 1 heterocycles. The predicted octanol–water partition coefficient (Wildman–Crippen LogP) is 2.78. The van der Waals surface area contributed by atoms with Gasteiger partial charge in [-0.3, -0.25) is 0 Å². The number of hydrogen-bond acceptors (Lipinski definition) is 3. The van der Waals surface area contributed by atoms with Crippen molar-refractivity contribution in [3.05, 3.63) is 48.3 Å². The van der Waals surface area contributed by atoms with Gasteiger partial charge >= 0.3 is 0 Å². The Labute approximate surface area is 126 Å². The molecule has 1 fully saturated rings. The van der Waals surface area contributed by atoms with Gasteiger partial charge in [0.15, 0.2) is 0 Å². The van der Waals surface area contributed by atoms with Crippen molar-refractivity contribution in [2.24, 2.45) is 5.41 Å². The minimum Gasteiger partial charge on any atom is -0.385 e. The maximum Gasteiger partial charge on any atom is 0.0645 e. The van der Waals surface area contributed by atoms with Crippen molar-refractivity contribution in [1.29, 1.82) is 0 Å². The first-order chi connectivity index (χ1) is 10.3. The maximum absolute atomic E-state index is 5.19. The number of nitrogens with one attached hydrogen (secondary N) is 1. The van der Waals surface area contributed by atoms with Gasteiger partial charge in [-0.2, -0.15) is 5.10 Å². The molecular formula is C17H23N3O. The topological polar surface area (TPSA) is 39.1 Å². The van der Waals surface area contributed by atoms with Crippen molar-refractivity contribution < 1.29 is 4.74 Å². The molecule has 0 spiro atoms. The molecule has 3 rings (SSSR count). The van der Waals surface area contributed by atoms with Crippen LogP contribution in [0.25, 0.3) is 5.69 Å². The summed E-state index contributed by atoms with van der Waals surface area (Å²) in [6.07, 6.45) is 7.85. The van der Waals surface area contributed by atoms with Gasteiger partial charge in [0, 0.05) is 38.6 Å². The van der Waals surface area contributed by atoms with Crippen LogP contribution in [-0.4, -0.2) is 30.0 Å². The van der Waals surface area contributed by atoms with Gasteiger partial charge in [0.25, 0.3) is 0 Å². The second kappa shape index (κ2) is 6.41. The summed E-state index contributed by atoms with van der Waals surface area (Å²) in [6.45, 7) is 2.82. The summed E-state index contributed by atoms with van der Waals surface area (Å²) < 4.78 is 7.12. The molecule has 21 heavy (non-hydrogen) atoms. The van der Waals surface area contributed by atoms with Crippen LogP contribution < -0.4 is 5.32 Å². The molecule has 0 bridgehead atoms. The van der Waals surface area contributed by atoms with Crippen LogP contribution >= 0.6 is 0 Å². The third-order valence-electron chi connectivity index (χ3n) is 4.28. The fraction of sp³-hybridized carbons (Fsp3) is 0.471. The zero-order valence-electron chi connectivity index (χ0n) is 12.6. The highest BCUT2D eigenvalue weighted by atomic mass is 16.5. The molecule has 1 aromatic carbocycles. The summed E-state index contributed by atoms with van der Waals surface area (Å²) in [5.74, 6) is 0. The standard InChI is InChI=1S/C17H23N3O/c1-21-10-9-17(7-8-17)14-18-11-15-12-19-20(13-15)16-5-3-2-4-6-16/h2-6,12-13,18H,7-11,14H2,1H3. The number of aromatic nitrogens is 2. The minimum atomic E-state index is 0.492. The lowest BCUT2D eigenvalue weighted by atomic mass is 10.0. The van der Waals surface area contributed by atoms with Gasteiger partial charge in [-0.1, -0.05) is 18.2 Å². The van der Waals surface area contributed by atoms with Gasteiger partial charge in [-0.05, 0) is 36.8 Å². The van der Waals surface area contributed by atoms with Crippen molar-refractivity contribution in [2.45, 2.75) is 25.8 Å². The second-order valence-electron chi connectivity index (χ2n) is 5.98. The van der Waals surface area contributed by atoms with E-state index < -0.39 is 0 Å². The number of methoxy groups -OCH3 is 1. The summed E-state index contributed by atoms with van der Waals surface area (Å²) in [6, 6.07) is 10.2. The molecule has 0 atom stereocenters. The SMILES string of the molecule is COCCC1(CNCc2cnn(-c3ccccc3)c2)CC1. The first kappa shape index (κ1) is 14.3. The van der Waals surface area contributed by atoms with E-state index >= 15 is 0 Å². The monoisotopic (exact) mass is 285 g/mol. The van der Waals surface area contributed by atoms with E-state index in [0.717, 1.165) is 25.4 Å². The molecule has 1 aliphatic rings. The summed E-state index contributed by atoms with van der Waals surface area (Å²) in [5, 5.41) is 7.99. The third-order valence-corrected chi connectivity index (χ3v) is 4.28. The van der Waals surface area contributed by atoms with Crippen LogP contribution in [0.5, 0.6) is 0 Å². The second-order valence-corrected chi connectivity index (χ2v) is 5.98. The van der Waals surface area contributed by atoms with Gasteiger partial charge in [0.05, 0.1) is 11.9 Å². The lowest BCUT2D eigenvalue weighted by Gasteiger charge is -2.14. The maximum atomic E-state index is 5.19. The highest BCUT2D eigenvalue weighted by Crippen LogP contribution is 2.48. The average molecular weight is 285 g/mol. The van der Waals surface area contributed by atoms with Crippen LogP contribution in [-0.2, 0) is 11.3 Å². The third kappa shape index (κ3) is 3.71. The Morgan fingerprint density at radius 2 is 2.10 bits per heavy atom. The van der Waals surface area contributed by atoms with E-state index in [9.17, 15) is 0 Å². The number of nitrogens with zero attached hydrogens (tertiary/aromatic N) is 2. The normalized spacial score (nSPS) is 16.0. The Hall–Kier alpha value is -1.65. The van der Waals surface area contributed by atoms with E-state index in [0.29, 0.717) is 5.41 Å². The largest absolute Gasteiger partial charge is 0.385 e. The van der Waals surface area contributed by atoms with Crippen LogP contribution in [0.15, 0.2) is 42.7 Å². The summed E-state index contributed by atoms with van der Waals surface area (Å²) in [4.78, 5) is 0. The van der Waals surface area contributed by atoms with Crippen LogP contribution in [0.3, 0.4) is 0 Å². The molecule has 1 saturated carbocycles. The van der Waals surface area contributed by atoms with Crippen LogP contribution in [0.2, 0.25) is 0 Å². The van der Waals surface area contributed by atoms with Crippen LogP contribution in [0.4, 0.5) is 0 Å². The molecule has 1 aliphatic carbocycles. The molecule has 0 aliphatic heterocycles. The number of rotatable bonds is 8. The zero-order chi connectivity index (χ0) is 14.5. The Morgan fingerprint density at radius 1 is 1.29 bits per heavy atom. The van der Waals surface area contributed by atoms with E-state index in [4.69, 9.17) is 4.74 Å². The quantitative estimate of drug-likeness (QED) is 0.810. The van der Waals surface area contributed by atoms with Crippen LogP contribution in [0, 0.1) is 5.41 Å². The Kier molecular flexibility index (Phi) is 4.36. The fourth-order valence-corrected chi connectivity index (χ4v) is 2.66. The number of ether oxygens (including phenoxy) is 1. The Balaban J connectivity index is 1.49. The van der Waals surface area contributed by atoms with E-state index in [2.05, 4.69) is 28.7 Å². The van der Waals surface area contributed by atoms with Crippen molar-refractivity contribution in [3.8, 4) is 5.69 Å². The minimum absolute atomic E-state index is 0.492. The summed E-state index contributed by atoms with van der Waals surface area (Å²) >= 11 is 0. The molecule has 2 aromatic rings. The van der Waals surface area contributed by atoms with Crippen molar-refractivity contribution in [1.82, 2.24) is 15.1 Å². The molecule has 0 unspecified atom stereocenters. The van der Waals surface area contributed by atoms with Gasteiger partial charge < -0.3 is 10.1 Å². The first-order valence-corrected chi connectivity index (χ1v) is 7.60. The number of benzene rings is 1. The van der Waals surface area contributed by atoms with E-state index in [1.165, 1.54) is 24.8 Å². The lowest BCUT2D eigenvalue weighted by molar-refractivity contribution is 0.171. The fourth-order valence-electron chi connectivity index (χ4n) is 2.66. The van der Waals surface area contributed by atoms with E-state index in [-0.39, 0.29) is 0 Å². The molecule has 0 radical (unpaired) electrons. The summed E-state index contributed by atoms with van der Waals surface area (Å²) in [5.41, 5.74) is 2.81. The highest BCUT2D eigenvalue weighted by molar-refractivity contribution is 5.30. The zero-order valence-corrected chi connectivity index (χ0v) is 12.6. The lowest BCUT2D eigenvalue weighted by Crippen LogP contribution is -2.24. The molecular weight excluding hydrogens is 262 g/mol. The predicted molar refractivity (Wildman–Crippen MR) is 83.4 cm³/mol. The van der Waals surface area contributed by atoms with Crippen molar-refractivity contribution >= 4 is 0 Å². The van der Waals surface area contributed by atoms with Crippen molar-refractivity contribution in [3.63, 3.8) is 0 Å². The molecule has 1 N–H and O–H groups in total. The Morgan fingerprint density at radius 3 is 2.81 bits per heavy atom. The average Bonchev–Trinajstić information content (AvgIpc) is 3.13. The van der Waals surface area contributed by atoms with Gasteiger partial charge in [0.2, 0.25) is 0 Å². The smallest absolute Gasteiger partial charge is 0.0645 e. The van der Waals surface area contributed by atoms with Gasteiger partial charge in [-0.15, -0.1) is 0 Å². The van der Waals surface area contributed by atoms with Gasteiger partial charge in [-0.25, -0.2) is 4.68 Å². The number of para-hydroxylation sites is 1. The Bertz CT molecular complexity index is 560. The van der Waals surface area contributed by atoms with E-state index in [1.54, 1.807) is 7.11 Å². The summed E-state index contributed by atoms with van der Waals surface area (Å²) in [7, 11) is 1.78. The molecule has 0 amide bonds. The highest BCUT2D eigenvalue weighted by Gasteiger charge is 2.41. The molecule has 1 aromatic heterocycles. The molecule has 4 nitrogen and oxygen atoms in total.